The summed E-state index contributed by atoms with van der Waals surface area (Å²) in [6.07, 6.45) is 22.2. The fourth-order valence-electron chi connectivity index (χ4n) is 8.53. The molecule has 0 aliphatic carbocycles. The van der Waals surface area contributed by atoms with Gasteiger partial charge in [0.1, 0.15) is 17.2 Å². The van der Waals surface area contributed by atoms with Gasteiger partial charge >= 0.3 is 14.6 Å². The van der Waals surface area contributed by atoms with E-state index >= 15 is 0 Å². The smallest absolute Gasteiger partial charge is 0.466 e. The Balaban J connectivity index is 1.45. The number of fused-ring (bicyclic) bond motifs is 2. The number of rotatable bonds is 22. The van der Waals surface area contributed by atoms with Gasteiger partial charge in [-0.1, -0.05) is 222 Å². The summed E-state index contributed by atoms with van der Waals surface area (Å²) in [5.41, 5.74) is 7.01. The molecule has 0 spiro atoms. The second kappa shape index (κ2) is 24.4. The maximum atomic E-state index is 13.1. The number of esters is 1. The third-order valence-corrected chi connectivity index (χ3v) is 14.4. The highest BCUT2D eigenvalue weighted by Crippen LogP contribution is 2.58. The number of benzene rings is 3. The molecule has 0 unspecified atom stereocenters. The van der Waals surface area contributed by atoms with Gasteiger partial charge in [-0.2, -0.15) is 0 Å². The highest BCUT2D eigenvalue weighted by Gasteiger charge is 2.37. The van der Waals surface area contributed by atoms with Crippen molar-refractivity contribution in [1.29, 1.82) is 0 Å². The number of unbranched alkanes of at least 4 members (excludes halogenated alkanes) is 15. The predicted octanol–water partition coefficient (Wildman–Crippen LogP) is 18.5. The summed E-state index contributed by atoms with van der Waals surface area (Å²) in [6, 6.07) is 13.4. The van der Waals surface area contributed by atoms with E-state index in [1.807, 2.05) is 0 Å². The van der Waals surface area contributed by atoms with E-state index in [2.05, 4.69) is 140 Å². The van der Waals surface area contributed by atoms with Crippen LogP contribution in [0, 0.1) is 13.8 Å². The lowest BCUT2D eigenvalue weighted by Gasteiger charge is -2.34. The first-order chi connectivity index (χ1) is 30.0. The van der Waals surface area contributed by atoms with Crippen LogP contribution in [0.2, 0.25) is 0 Å². The molecule has 0 N–H and O–H groups in total. The number of ether oxygens (including phenoxy) is 1. The first kappa shape index (κ1) is 53.9. The first-order valence-electron chi connectivity index (χ1n) is 25.1. The Morgan fingerprint density at radius 3 is 1.28 bits per heavy atom. The lowest BCUT2D eigenvalue weighted by Crippen LogP contribution is -2.22. The van der Waals surface area contributed by atoms with Crippen LogP contribution in [0.15, 0.2) is 46.2 Å². The number of carbonyl (C=O) groups is 1. The Hall–Kier alpha value is -2.69. The maximum Gasteiger partial charge on any atom is 0.530 e. The standard InChI is InChI=1S/C57H89O5PS/c1-16-17-18-19-20-21-22-23-24-25-26-27-28-29-30-31-34-59-50(58)33-32-43-39-46(56(10,11)12)51(47(40-43)57(13,14)15)60-63-61-52-44(54(4,5)6)35-41(2)37-48(52)64-49-38-42(3)36-45(53(49)62-63)55(7,8)9/h35-40H,16-34H2,1-15H3. The third-order valence-electron chi connectivity index (χ3n) is 12.4. The molecular formula is C57H89O5PS. The summed E-state index contributed by atoms with van der Waals surface area (Å²) in [5, 5.41) is 0. The Morgan fingerprint density at radius 2 is 0.906 bits per heavy atom. The largest absolute Gasteiger partial charge is 0.530 e. The van der Waals surface area contributed by atoms with Crippen molar-refractivity contribution in [3.8, 4) is 17.2 Å². The highest BCUT2D eigenvalue weighted by atomic mass is 32.2. The van der Waals surface area contributed by atoms with E-state index in [-0.39, 0.29) is 27.6 Å². The highest BCUT2D eigenvalue weighted by molar-refractivity contribution is 7.99. The summed E-state index contributed by atoms with van der Waals surface area (Å²) in [5.74, 6) is 2.32. The van der Waals surface area contributed by atoms with Gasteiger partial charge in [0, 0.05) is 28.7 Å². The number of hydrogen-bond acceptors (Lipinski definition) is 6. The predicted molar refractivity (Wildman–Crippen MR) is 275 cm³/mol. The van der Waals surface area contributed by atoms with Crippen LogP contribution in [-0.4, -0.2) is 12.6 Å². The Kier molecular flexibility index (Phi) is 20.5. The molecular weight excluding hydrogens is 828 g/mol. The summed E-state index contributed by atoms with van der Waals surface area (Å²) >= 11 is 1.72. The van der Waals surface area contributed by atoms with E-state index in [0.29, 0.717) is 19.4 Å². The molecule has 7 heteroatoms. The van der Waals surface area contributed by atoms with Crippen LogP contribution in [0.1, 0.15) is 238 Å². The molecule has 1 aliphatic heterocycles. The number of aryl methyl sites for hydroxylation is 3. The number of carbonyl (C=O) groups excluding carboxylic acids is 1. The van der Waals surface area contributed by atoms with Crippen molar-refractivity contribution < 1.29 is 23.1 Å². The van der Waals surface area contributed by atoms with Gasteiger partial charge in [-0.25, -0.2) is 0 Å². The van der Waals surface area contributed by atoms with Crippen LogP contribution in [0.3, 0.4) is 0 Å². The van der Waals surface area contributed by atoms with Crippen molar-refractivity contribution >= 4 is 26.3 Å². The minimum absolute atomic E-state index is 0.124. The van der Waals surface area contributed by atoms with E-state index in [4.69, 9.17) is 18.3 Å². The zero-order valence-electron chi connectivity index (χ0n) is 43.3. The molecule has 1 heterocycles. The van der Waals surface area contributed by atoms with Crippen molar-refractivity contribution in [2.24, 2.45) is 0 Å². The van der Waals surface area contributed by atoms with E-state index in [0.717, 1.165) is 67.7 Å². The van der Waals surface area contributed by atoms with E-state index in [1.165, 1.54) is 101 Å². The van der Waals surface area contributed by atoms with Gasteiger partial charge in [-0.15, -0.1) is 0 Å². The van der Waals surface area contributed by atoms with Crippen molar-refractivity contribution in [2.45, 2.75) is 251 Å². The van der Waals surface area contributed by atoms with Crippen LogP contribution >= 0.6 is 20.4 Å². The van der Waals surface area contributed by atoms with E-state index in [9.17, 15) is 4.79 Å². The van der Waals surface area contributed by atoms with Crippen LogP contribution in [0.5, 0.6) is 17.2 Å². The van der Waals surface area contributed by atoms with Crippen molar-refractivity contribution in [3.05, 3.63) is 75.3 Å². The second-order valence-electron chi connectivity index (χ2n) is 22.9. The fraction of sp³-hybridized carbons (Fsp3) is 0.667. The summed E-state index contributed by atoms with van der Waals surface area (Å²) in [6.45, 7) is 33.9. The van der Waals surface area contributed by atoms with Crippen LogP contribution in [0.4, 0.5) is 0 Å². The summed E-state index contributed by atoms with van der Waals surface area (Å²) < 4.78 is 27.2. The number of hydrogen-bond donors (Lipinski definition) is 0. The molecule has 3 aromatic rings. The average molecular weight is 917 g/mol. The van der Waals surface area contributed by atoms with E-state index in [1.54, 1.807) is 11.8 Å². The minimum atomic E-state index is -1.97. The normalized spacial score (nSPS) is 13.7. The average Bonchev–Trinajstić information content (AvgIpc) is 3.17. The first-order valence-corrected chi connectivity index (χ1v) is 27.1. The third kappa shape index (κ3) is 16.9. The topological polar surface area (TPSA) is 54.0 Å². The second-order valence-corrected chi connectivity index (χ2v) is 25.0. The molecule has 64 heavy (non-hydrogen) atoms. The molecule has 5 nitrogen and oxygen atoms in total. The van der Waals surface area contributed by atoms with Gasteiger partial charge in [-0.05, 0) is 77.2 Å². The molecule has 0 fully saturated rings. The van der Waals surface area contributed by atoms with Crippen LogP contribution in [-0.2, 0) is 37.6 Å². The molecule has 4 rings (SSSR count). The van der Waals surface area contributed by atoms with Crippen molar-refractivity contribution in [3.63, 3.8) is 0 Å². The quantitative estimate of drug-likeness (QED) is 0.0569. The Morgan fingerprint density at radius 1 is 0.531 bits per heavy atom. The zero-order chi connectivity index (χ0) is 47.3. The summed E-state index contributed by atoms with van der Waals surface area (Å²) in [4.78, 5) is 15.2. The minimum Gasteiger partial charge on any atom is -0.466 e. The molecule has 0 saturated heterocycles. The van der Waals surface area contributed by atoms with Gasteiger partial charge in [-0.3, -0.25) is 4.79 Å². The molecule has 3 aromatic carbocycles. The monoisotopic (exact) mass is 917 g/mol. The molecule has 0 radical (unpaired) electrons. The Labute approximate surface area is 397 Å². The molecule has 0 amide bonds. The maximum absolute atomic E-state index is 13.1. The zero-order valence-corrected chi connectivity index (χ0v) is 45.0. The van der Waals surface area contributed by atoms with Crippen molar-refractivity contribution in [2.75, 3.05) is 6.61 Å². The molecule has 0 atom stereocenters. The van der Waals surface area contributed by atoms with Gasteiger partial charge in [0.25, 0.3) is 0 Å². The van der Waals surface area contributed by atoms with Crippen LogP contribution in [0.25, 0.3) is 0 Å². The molecule has 358 valence electrons. The SMILES string of the molecule is CCCCCCCCCCCCCCCCCCOC(=O)CCc1cc(C(C)(C)C)c(OP2Oc3c(cc(C)cc3C(C)(C)C)Sc3cc(C)cc(C(C)(C)C)c3O2)c(C(C)(C)C)c1. The van der Waals surface area contributed by atoms with Gasteiger partial charge in [0.05, 0.1) is 16.4 Å². The molecule has 0 saturated carbocycles. The lowest BCUT2D eigenvalue weighted by molar-refractivity contribution is -0.143. The lowest BCUT2D eigenvalue weighted by atomic mass is 9.78. The van der Waals surface area contributed by atoms with Gasteiger partial charge in [0.2, 0.25) is 0 Å². The van der Waals surface area contributed by atoms with E-state index < -0.39 is 8.60 Å². The van der Waals surface area contributed by atoms with Gasteiger partial charge in [0.15, 0.2) is 0 Å². The molecule has 0 bridgehead atoms. The molecule has 1 aliphatic rings. The fourth-order valence-corrected chi connectivity index (χ4v) is 11.0. The molecule has 0 aromatic heterocycles. The Bertz CT molecular complexity index is 1830. The summed E-state index contributed by atoms with van der Waals surface area (Å²) in [7, 11) is -1.97. The van der Waals surface area contributed by atoms with Crippen LogP contribution < -0.4 is 13.6 Å². The van der Waals surface area contributed by atoms with Gasteiger partial charge < -0.3 is 18.3 Å². The van der Waals surface area contributed by atoms with Crippen molar-refractivity contribution in [1.82, 2.24) is 0 Å².